The van der Waals surface area contributed by atoms with E-state index in [1.165, 1.54) is 19.2 Å². The lowest BCUT2D eigenvalue weighted by molar-refractivity contribution is -0.383. The minimum absolute atomic E-state index is 0.0181. The molecule has 0 unspecified atom stereocenters. The number of ether oxygens (including phenoxy) is 1. The predicted molar refractivity (Wildman–Crippen MR) is 88.8 cm³/mol. The van der Waals surface area contributed by atoms with Crippen molar-refractivity contribution in [1.29, 1.82) is 0 Å². The SMILES string of the molecule is COc1ccc2c([N+](=O)[O-])c(C)n(-c3ccc(O)cc3)c2c1CO. The van der Waals surface area contributed by atoms with Crippen molar-refractivity contribution in [2.45, 2.75) is 13.5 Å². The van der Waals surface area contributed by atoms with Gasteiger partial charge in [-0.3, -0.25) is 10.1 Å². The third-order valence-corrected chi connectivity index (χ3v) is 4.07. The number of phenols is 1. The predicted octanol–water partition coefficient (Wildman–Crippen LogP) is 3.05. The van der Waals surface area contributed by atoms with E-state index < -0.39 is 4.92 Å². The normalized spacial score (nSPS) is 11.0. The first-order valence-electron chi connectivity index (χ1n) is 7.25. The Morgan fingerprint density at radius 1 is 1.21 bits per heavy atom. The number of aliphatic hydroxyl groups excluding tert-OH is 1. The average molecular weight is 328 g/mol. The number of hydrogen-bond acceptors (Lipinski definition) is 5. The zero-order chi connectivity index (χ0) is 17.4. The highest BCUT2D eigenvalue weighted by Crippen LogP contribution is 2.39. The van der Waals surface area contributed by atoms with Gasteiger partial charge in [-0.15, -0.1) is 0 Å². The van der Waals surface area contributed by atoms with E-state index in [0.29, 0.717) is 33.6 Å². The molecule has 0 bridgehead atoms. The Kier molecular flexibility index (Phi) is 3.86. The molecule has 0 aliphatic rings. The molecular formula is C17H16N2O5. The van der Waals surface area contributed by atoms with Crippen LogP contribution in [0.3, 0.4) is 0 Å². The zero-order valence-corrected chi connectivity index (χ0v) is 13.2. The van der Waals surface area contributed by atoms with Crippen molar-refractivity contribution in [2.24, 2.45) is 0 Å². The maximum absolute atomic E-state index is 11.5. The van der Waals surface area contributed by atoms with Gasteiger partial charge in [0, 0.05) is 11.3 Å². The van der Waals surface area contributed by atoms with Gasteiger partial charge in [0.1, 0.15) is 11.5 Å². The van der Waals surface area contributed by atoms with Crippen molar-refractivity contribution in [2.75, 3.05) is 7.11 Å². The molecule has 3 aromatic rings. The second-order valence-electron chi connectivity index (χ2n) is 5.34. The van der Waals surface area contributed by atoms with E-state index in [0.717, 1.165) is 0 Å². The Bertz CT molecular complexity index is 929. The van der Waals surface area contributed by atoms with Crippen LogP contribution < -0.4 is 4.74 Å². The zero-order valence-electron chi connectivity index (χ0n) is 13.2. The summed E-state index contributed by atoms with van der Waals surface area (Å²) in [6.07, 6.45) is 0. The molecule has 3 rings (SSSR count). The molecule has 0 radical (unpaired) electrons. The molecule has 124 valence electrons. The number of hydrogen-bond donors (Lipinski definition) is 2. The van der Waals surface area contributed by atoms with Gasteiger partial charge in [-0.2, -0.15) is 0 Å². The van der Waals surface area contributed by atoms with Crippen LogP contribution in [0.15, 0.2) is 36.4 Å². The van der Waals surface area contributed by atoms with Crippen LogP contribution in [0.5, 0.6) is 11.5 Å². The van der Waals surface area contributed by atoms with Crippen LogP contribution >= 0.6 is 0 Å². The van der Waals surface area contributed by atoms with Crippen molar-refractivity contribution in [3.05, 3.63) is 57.8 Å². The monoisotopic (exact) mass is 328 g/mol. The standard InChI is InChI=1S/C17H16N2O5/c1-10-16(19(22)23)13-7-8-15(24-2)14(9-20)17(13)18(10)11-3-5-12(21)6-4-11/h3-8,20-21H,9H2,1-2H3. The number of methoxy groups -OCH3 is 1. The van der Waals surface area contributed by atoms with Crippen molar-refractivity contribution in [3.63, 3.8) is 0 Å². The van der Waals surface area contributed by atoms with Gasteiger partial charge in [0.15, 0.2) is 0 Å². The van der Waals surface area contributed by atoms with Crippen molar-refractivity contribution in [3.8, 4) is 17.2 Å². The van der Waals surface area contributed by atoms with E-state index in [-0.39, 0.29) is 18.0 Å². The highest BCUT2D eigenvalue weighted by Gasteiger charge is 2.27. The first kappa shape index (κ1) is 15.8. The molecule has 0 aliphatic heterocycles. The van der Waals surface area contributed by atoms with Crippen LogP contribution in [0.2, 0.25) is 0 Å². The third kappa shape index (κ3) is 2.26. The third-order valence-electron chi connectivity index (χ3n) is 4.07. The van der Waals surface area contributed by atoms with E-state index >= 15 is 0 Å². The molecule has 1 aromatic heterocycles. The topological polar surface area (TPSA) is 97.8 Å². The fraction of sp³-hybridized carbons (Fsp3) is 0.176. The Morgan fingerprint density at radius 3 is 2.42 bits per heavy atom. The quantitative estimate of drug-likeness (QED) is 0.566. The average Bonchev–Trinajstić information content (AvgIpc) is 2.86. The lowest BCUT2D eigenvalue weighted by atomic mass is 10.1. The molecule has 0 saturated carbocycles. The van der Waals surface area contributed by atoms with Gasteiger partial charge in [-0.05, 0) is 43.3 Å². The van der Waals surface area contributed by atoms with Crippen LogP contribution in [-0.4, -0.2) is 26.8 Å². The minimum Gasteiger partial charge on any atom is -0.508 e. The maximum Gasteiger partial charge on any atom is 0.298 e. The summed E-state index contributed by atoms with van der Waals surface area (Å²) in [5, 5.41) is 31.3. The number of fused-ring (bicyclic) bond motifs is 1. The molecule has 0 atom stereocenters. The van der Waals surface area contributed by atoms with E-state index in [1.807, 2.05) is 0 Å². The lowest BCUT2D eigenvalue weighted by Gasteiger charge is -2.12. The van der Waals surface area contributed by atoms with Gasteiger partial charge in [0.05, 0.1) is 35.2 Å². The summed E-state index contributed by atoms with van der Waals surface area (Å²) in [5.41, 5.74) is 2.05. The minimum atomic E-state index is -0.428. The van der Waals surface area contributed by atoms with Crippen molar-refractivity contribution < 1.29 is 19.9 Å². The number of nitrogens with zero attached hydrogens (tertiary/aromatic N) is 2. The summed E-state index contributed by atoms with van der Waals surface area (Å²) in [7, 11) is 1.48. The van der Waals surface area contributed by atoms with Gasteiger partial charge < -0.3 is 19.5 Å². The van der Waals surface area contributed by atoms with Gasteiger partial charge in [-0.1, -0.05) is 0 Å². The van der Waals surface area contributed by atoms with Gasteiger partial charge in [0.25, 0.3) is 5.69 Å². The summed E-state index contributed by atoms with van der Waals surface area (Å²) in [4.78, 5) is 11.1. The molecule has 7 nitrogen and oxygen atoms in total. The van der Waals surface area contributed by atoms with Crippen molar-refractivity contribution >= 4 is 16.6 Å². The number of benzene rings is 2. The molecule has 0 aliphatic carbocycles. The molecular weight excluding hydrogens is 312 g/mol. The number of nitro groups is 1. The number of aromatic nitrogens is 1. The van der Waals surface area contributed by atoms with Crippen LogP contribution in [-0.2, 0) is 6.61 Å². The first-order chi connectivity index (χ1) is 11.5. The van der Waals surface area contributed by atoms with Crippen LogP contribution in [0.4, 0.5) is 5.69 Å². The van der Waals surface area contributed by atoms with Gasteiger partial charge in [0.2, 0.25) is 0 Å². The van der Waals surface area contributed by atoms with E-state index in [9.17, 15) is 20.3 Å². The highest BCUT2D eigenvalue weighted by atomic mass is 16.6. The van der Waals surface area contributed by atoms with Crippen LogP contribution in [0, 0.1) is 17.0 Å². The molecule has 0 amide bonds. The number of rotatable bonds is 4. The molecule has 2 N–H and O–H groups in total. The summed E-state index contributed by atoms with van der Waals surface area (Å²) in [5.74, 6) is 0.555. The second-order valence-corrected chi connectivity index (χ2v) is 5.34. The Balaban J connectivity index is 2.48. The highest BCUT2D eigenvalue weighted by molar-refractivity contribution is 5.96. The van der Waals surface area contributed by atoms with E-state index in [4.69, 9.17) is 4.74 Å². The number of phenolic OH excluding ortho intramolecular Hbond substituents is 1. The molecule has 1 heterocycles. The van der Waals surface area contributed by atoms with Gasteiger partial charge in [-0.25, -0.2) is 0 Å². The fourth-order valence-electron chi connectivity index (χ4n) is 3.03. The first-order valence-corrected chi connectivity index (χ1v) is 7.25. The largest absolute Gasteiger partial charge is 0.508 e. The van der Waals surface area contributed by atoms with Gasteiger partial charge >= 0.3 is 0 Å². The number of aliphatic hydroxyl groups is 1. The molecule has 0 spiro atoms. The van der Waals surface area contributed by atoms with Crippen molar-refractivity contribution in [1.82, 2.24) is 4.57 Å². The van der Waals surface area contributed by atoms with Crippen LogP contribution in [0.1, 0.15) is 11.3 Å². The van der Waals surface area contributed by atoms with Crippen LogP contribution in [0.25, 0.3) is 16.6 Å². The van der Waals surface area contributed by atoms with E-state index in [2.05, 4.69) is 0 Å². The fourth-order valence-corrected chi connectivity index (χ4v) is 3.03. The summed E-state index contributed by atoms with van der Waals surface area (Å²) >= 11 is 0. The molecule has 2 aromatic carbocycles. The smallest absolute Gasteiger partial charge is 0.298 e. The number of aromatic hydroxyl groups is 1. The molecule has 7 heteroatoms. The molecule has 24 heavy (non-hydrogen) atoms. The lowest BCUT2D eigenvalue weighted by Crippen LogP contribution is -2.01. The summed E-state index contributed by atoms with van der Waals surface area (Å²) in [6, 6.07) is 9.56. The Hall–Kier alpha value is -3.06. The Morgan fingerprint density at radius 2 is 1.88 bits per heavy atom. The second kappa shape index (κ2) is 5.86. The molecule has 0 saturated heterocycles. The maximum atomic E-state index is 11.5. The molecule has 0 fully saturated rings. The summed E-state index contributed by atoms with van der Waals surface area (Å²) < 4.78 is 6.98. The Labute approximate surface area is 137 Å². The summed E-state index contributed by atoms with van der Waals surface area (Å²) in [6.45, 7) is 1.33. The van der Waals surface area contributed by atoms with E-state index in [1.54, 1.807) is 35.8 Å².